The summed E-state index contributed by atoms with van der Waals surface area (Å²) in [6.45, 7) is 8.12. The van der Waals surface area contributed by atoms with E-state index in [0.29, 0.717) is 16.7 Å². The van der Waals surface area contributed by atoms with Gasteiger partial charge in [0.15, 0.2) is 0 Å². The summed E-state index contributed by atoms with van der Waals surface area (Å²) >= 11 is 3.45. The summed E-state index contributed by atoms with van der Waals surface area (Å²) in [5.74, 6) is 0.439. The first-order valence-electron chi connectivity index (χ1n) is 12.3. The van der Waals surface area contributed by atoms with Crippen LogP contribution in [0.4, 0.5) is 5.69 Å². The average molecular weight is 570 g/mol. The molecule has 0 aliphatic rings. The second-order valence-electron chi connectivity index (χ2n) is 10.3. The van der Waals surface area contributed by atoms with Crippen LogP contribution in [0.15, 0.2) is 87.3 Å². The fraction of sp³-hybridized carbons (Fsp3) is 0.200. The van der Waals surface area contributed by atoms with Crippen molar-refractivity contribution >= 4 is 55.5 Å². The van der Waals surface area contributed by atoms with Crippen molar-refractivity contribution in [1.82, 2.24) is 14.2 Å². The van der Waals surface area contributed by atoms with Crippen LogP contribution in [0.25, 0.3) is 21.8 Å². The molecule has 0 spiro atoms. The number of hydrogen-bond acceptors (Lipinski definition) is 4. The van der Waals surface area contributed by atoms with Gasteiger partial charge in [-0.25, -0.2) is 4.98 Å². The Kier molecular flexibility index (Phi) is 6.75. The molecule has 1 N–H and O–H groups in total. The van der Waals surface area contributed by atoms with Gasteiger partial charge >= 0.3 is 0 Å². The van der Waals surface area contributed by atoms with Gasteiger partial charge in [-0.3, -0.25) is 9.59 Å². The molecule has 3 aromatic carbocycles. The number of aryl methyl sites for hydroxylation is 1. The molecule has 0 aliphatic heterocycles. The topological polar surface area (TPSA) is 81.3 Å². The number of fused-ring (bicyclic) bond motifs is 2. The minimum Gasteiger partial charge on any atom is -0.337 e. The van der Waals surface area contributed by atoms with E-state index in [2.05, 4.69) is 26.3 Å². The van der Waals surface area contributed by atoms with Crippen LogP contribution >= 0.6 is 15.9 Å². The predicted octanol–water partition coefficient (Wildman–Crippen LogP) is 6.24. The van der Waals surface area contributed by atoms with Gasteiger partial charge in [0.1, 0.15) is 12.4 Å². The molecule has 0 fully saturated rings. The molecule has 8 heteroatoms. The van der Waals surface area contributed by atoms with Crippen LogP contribution in [0.1, 0.15) is 37.7 Å². The zero-order valence-electron chi connectivity index (χ0n) is 21.7. The van der Waals surface area contributed by atoms with Crippen LogP contribution < -0.4 is 10.9 Å². The van der Waals surface area contributed by atoms with Crippen molar-refractivity contribution < 1.29 is 4.79 Å². The summed E-state index contributed by atoms with van der Waals surface area (Å²) in [6.07, 6.45) is 3.55. The molecular weight excluding hydrogens is 542 g/mol. The van der Waals surface area contributed by atoms with Gasteiger partial charge in [-0.05, 0) is 42.8 Å². The van der Waals surface area contributed by atoms with E-state index in [9.17, 15) is 9.59 Å². The Morgan fingerprint density at radius 3 is 2.55 bits per heavy atom. The summed E-state index contributed by atoms with van der Waals surface area (Å²) in [7, 11) is 0. The van der Waals surface area contributed by atoms with Gasteiger partial charge in [-0.1, -0.05) is 73.1 Å². The summed E-state index contributed by atoms with van der Waals surface area (Å²) in [5, 5.41) is 9.04. The molecule has 5 aromatic rings. The van der Waals surface area contributed by atoms with Gasteiger partial charge in [0.05, 0.1) is 17.1 Å². The van der Waals surface area contributed by atoms with Crippen LogP contribution in [0, 0.1) is 6.92 Å². The highest BCUT2D eigenvalue weighted by Crippen LogP contribution is 2.24. The number of rotatable bonds is 5. The number of hydrogen-bond donors (Lipinski definition) is 1. The van der Waals surface area contributed by atoms with E-state index in [0.717, 1.165) is 32.2 Å². The number of carbonyl (C=O) groups excluding carboxylic acids is 1. The van der Waals surface area contributed by atoms with Gasteiger partial charge < -0.3 is 9.88 Å². The lowest BCUT2D eigenvalue weighted by Crippen LogP contribution is -2.29. The van der Waals surface area contributed by atoms with E-state index in [4.69, 9.17) is 4.98 Å². The lowest BCUT2D eigenvalue weighted by atomic mass is 9.95. The first kappa shape index (κ1) is 25.6. The van der Waals surface area contributed by atoms with E-state index >= 15 is 0 Å². The quantitative estimate of drug-likeness (QED) is 0.254. The minimum absolute atomic E-state index is 0.126. The molecule has 0 aliphatic carbocycles. The zero-order chi connectivity index (χ0) is 27.0. The summed E-state index contributed by atoms with van der Waals surface area (Å²) < 4.78 is 4.08. The monoisotopic (exact) mass is 569 g/mol. The normalized spacial score (nSPS) is 12.0. The third-order valence-electron chi connectivity index (χ3n) is 6.34. The van der Waals surface area contributed by atoms with Crippen LogP contribution in [-0.2, 0) is 16.8 Å². The van der Waals surface area contributed by atoms with Crippen LogP contribution in [0.3, 0.4) is 0 Å². The Bertz CT molecular complexity index is 1780. The molecule has 7 nitrogen and oxygen atoms in total. The lowest BCUT2D eigenvalue weighted by Gasteiger charge is -2.20. The smallest absolute Gasteiger partial charge is 0.282 e. The summed E-state index contributed by atoms with van der Waals surface area (Å²) in [5.41, 5.74) is 3.47. The molecule has 2 heterocycles. The first-order chi connectivity index (χ1) is 18.1. The molecule has 0 atom stereocenters. The average Bonchev–Trinajstić information content (AvgIpc) is 3.21. The lowest BCUT2D eigenvalue weighted by molar-refractivity contribution is -0.116. The molecule has 5 rings (SSSR count). The highest BCUT2D eigenvalue weighted by Gasteiger charge is 2.23. The fourth-order valence-electron chi connectivity index (χ4n) is 4.43. The molecule has 38 heavy (non-hydrogen) atoms. The standard InChI is InChI=1S/C30H28BrN5O2/c1-19-9-5-7-11-24(19)33-27(37)18-35-17-20(22-10-6-8-12-26(22)35)16-32-36-28(38)23-15-21(31)13-14-25(23)34-29(36)30(2,3)4/h5-17H,18H2,1-4H3,(H,33,37). The van der Waals surface area contributed by atoms with Crippen molar-refractivity contribution in [2.24, 2.45) is 5.10 Å². The Morgan fingerprint density at radius 1 is 1.05 bits per heavy atom. The van der Waals surface area contributed by atoms with E-state index in [-0.39, 0.29) is 18.0 Å². The second-order valence-corrected chi connectivity index (χ2v) is 11.2. The van der Waals surface area contributed by atoms with E-state index < -0.39 is 5.41 Å². The third kappa shape index (κ3) is 5.04. The van der Waals surface area contributed by atoms with Gasteiger partial charge in [-0.15, -0.1) is 0 Å². The SMILES string of the molecule is Cc1ccccc1NC(=O)Cn1cc(C=Nn2c(C(C)(C)C)nc3ccc(Br)cc3c2=O)c2ccccc21. The number of nitrogens with zero attached hydrogens (tertiary/aromatic N) is 4. The Labute approximate surface area is 229 Å². The second kappa shape index (κ2) is 10.0. The minimum atomic E-state index is -0.417. The van der Waals surface area contributed by atoms with Gasteiger partial charge in [-0.2, -0.15) is 9.78 Å². The van der Waals surface area contributed by atoms with E-state index in [1.54, 1.807) is 12.3 Å². The molecule has 192 valence electrons. The molecule has 1 amide bonds. The van der Waals surface area contributed by atoms with Crippen molar-refractivity contribution in [1.29, 1.82) is 0 Å². The molecule has 2 aromatic heterocycles. The molecule has 0 radical (unpaired) electrons. The van der Waals surface area contributed by atoms with Crippen molar-refractivity contribution in [3.05, 3.63) is 105 Å². The first-order valence-corrected chi connectivity index (χ1v) is 13.1. The molecule has 0 saturated heterocycles. The number of para-hydroxylation sites is 2. The summed E-state index contributed by atoms with van der Waals surface area (Å²) in [6, 6.07) is 21.0. The third-order valence-corrected chi connectivity index (χ3v) is 6.84. The van der Waals surface area contributed by atoms with Crippen LogP contribution in [-0.4, -0.2) is 26.3 Å². The number of anilines is 1. The van der Waals surface area contributed by atoms with Crippen LogP contribution in [0.2, 0.25) is 0 Å². The van der Waals surface area contributed by atoms with E-state index in [1.807, 2.05) is 99.1 Å². The largest absolute Gasteiger partial charge is 0.337 e. The van der Waals surface area contributed by atoms with Crippen molar-refractivity contribution in [3.8, 4) is 0 Å². The number of carbonyl (C=O) groups is 1. The van der Waals surface area contributed by atoms with Crippen molar-refractivity contribution in [3.63, 3.8) is 0 Å². The fourth-order valence-corrected chi connectivity index (χ4v) is 4.79. The van der Waals surface area contributed by atoms with E-state index in [1.165, 1.54) is 4.68 Å². The zero-order valence-corrected chi connectivity index (χ0v) is 23.3. The van der Waals surface area contributed by atoms with Crippen molar-refractivity contribution in [2.75, 3.05) is 5.32 Å². The van der Waals surface area contributed by atoms with Crippen LogP contribution in [0.5, 0.6) is 0 Å². The highest BCUT2D eigenvalue weighted by atomic mass is 79.9. The van der Waals surface area contributed by atoms with Gasteiger partial charge in [0.2, 0.25) is 5.91 Å². The Morgan fingerprint density at radius 2 is 1.79 bits per heavy atom. The number of aromatic nitrogens is 3. The number of nitrogens with one attached hydrogen (secondary N) is 1. The maximum atomic E-state index is 13.5. The Hall–Kier alpha value is -4.04. The Balaban J connectivity index is 1.55. The number of benzene rings is 3. The summed E-state index contributed by atoms with van der Waals surface area (Å²) in [4.78, 5) is 31.2. The maximum absolute atomic E-state index is 13.5. The van der Waals surface area contributed by atoms with Crippen molar-refractivity contribution in [2.45, 2.75) is 39.7 Å². The van der Waals surface area contributed by atoms with Gasteiger partial charge in [0, 0.05) is 38.2 Å². The predicted molar refractivity (Wildman–Crippen MR) is 157 cm³/mol. The maximum Gasteiger partial charge on any atom is 0.282 e. The molecule has 0 bridgehead atoms. The molecule has 0 unspecified atom stereocenters. The highest BCUT2D eigenvalue weighted by molar-refractivity contribution is 9.10. The molecule has 0 saturated carbocycles. The number of halogens is 1. The number of amides is 1. The molecular formula is C30H28BrN5O2. The van der Waals surface area contributed by atoms with Gasteiger partial charge in [0.25, 0.3) is 5.56 Å².